The van der Waals surface area contributed by atoms with Crippen molar-refractivity contribution in [3.8, 4) is 5.75 Å². The molecule has 1 heterocycles. The molecule has 0 aromatic heterocycles. The highest BCUT2D eigenvalue weighted by Gasteiger charge is 2.41. The van der Waals surface area contributed by atoms with E-state index in [2.05, 4.69) is 19.2 Å². The number of ether oxygens (including phenoxy) is 2. The lowest BCUT2D eigenvalue weighted by Gasteiger charge is -2.39. The summed E-state index contributed by atoms with van der Waals surface area (Å²) in [7, 11) is -1.51. The van der Waals surface area contributed by atoms with E-state index < -0.39 is 27.9 Å². The Balaban J connectivity index is 1.88. The van der Waals surface area contributed by atoms with Crippen LogP contribution in [-0.2, 0) is 42.1 Å². The Kier molecular flexibility index (Phi) is 9.50. The summed E-state index contributed by atoms with van der Waals surface area (Å²) in [5.41, 5.74) is 2.39. The molecule has 1 fully saturated rings. The summed E-state index contributed by atoms with van der Waals surface area (Å²) < 4.78 is 38.6. The van der Waals surface area contributed by atoms with Crippen LogP contribution in [0.3, 0.4) is 0 Å². The number of hydrogen-bond acceptors (Lipinski definition) is 7. The van der Waals surface area contributed by atoms with Crippen LogP contribution in [0.4, 0.5) is 0 Å². The molecule has 206 valence electrons. The molecule has 0 saturated carbocycles. The molecular formula is C27H35N3O7S. The number of piperazine rings is 1. The van der Waals surface area contributed by atoms with Crippen LogP contribution in [0.15, 0.2) is 47.4 Å². The van der Waals surface area contributed by atoms with E-state index in [-0.39, 0.29) is 43.4 Å². The summed E-state index contributed by atoms with van der Waals surface area (Å²) in [4.78, 5) is 38.6. The fraction of sp³-hybridized carbons (Fsp3) is 0.444. The van der Waals surface area contributed by atoms with Crippen LogP contribution in [0, 0.1) is 0 Å². The first-order valence-electron chi connectivity index (χ1n) is 12.4. The number of methoxy groups -OCH3 is 2. The number of benzene rings is 2. The monoisotopic (exact) mass is 545 g/mol. The van der Waals surface area contributed by atoms with Gasteiger partial charge in [-0.15, -0.1) is 0 Å². The molecule has 1 aliphatic rings. The Morgan fingerprint density at radius 3 is 2.32 bits per heavy atom. The molecule has 38 heavy (non-hydrogen) atoms. The summed E-state index contributed by atoms with van der Waals surface area (Å²) in [6, 6.07) is 10.9. The topological polar surface area (TPSA) is 122 Å². The minimum atomic E-state index is -4.17. The summed E-state index contributed by atoms with van der Waals surface area (Å²) in [5.74, 6) is -0.576. The minimum Gasteiger partial charge on any atom is -0.496 e. The average molecular weight is 546 g/mol. The van der Waals surface area contributed by atoms with Crippen LogP contribution in [0.5, 0.6) is 5.75 Å². The van der Waals surface area contributed by atoms with Gasteiger partial charge >= 0.3 is 5.97 Å². The van der Waals surface area contributed by atoms with Gasteiger partial charge in [-0.05, 0) is 35.2 Å². The smallest absolute Gasteiger partial charge is 0.310 e. The average Bonchev–Trinajstić information content (AvgIpc) is 2.91. The van der Waals surface area contributed by atoms with Crippen LogP contribution < -0.4 is 10.1 Å². The van der Waals surface area contributed by atoms with Gasteiger partial charge in [-0.25, -0.2) is 8.42 Å². The lowest BCUT2D eigenvalue weighted by Crippen LogP contribution is -2.61. The number of esters is 1. The number of nitrogens with zero attached hydrogens (tertiary/aromatic N) is 2. The molecule has 10 nitrogen and oxygen atoms in total. The van der Waals surface area contributed by atoms with Crippen LogP contribution in [0.1, 0.15) is 43.4 Å². The van der Waals surface area contributed by atoms with E-state index in [0.717, 1.165) is 9.87 Å². The van der Waals surface area contributed by atoms with Crippen molar-refractivity contribution in [2.75, 3.05) is 33.9 Å². The van der Waals surface area contributed by atoms with Crippen molar-refractivity contribution in [2.24, 2.45) is 0 Å². The molecule has 2 aromatic carbocycles. The molecule has 2 aromatic rings. The zero-order chi connectivity index (χ0) is 28.0. The van der Waals surface area contributed by atoms with Crippen molar-refractivity contribution >= 4 is 27.8 Å². The zero-order valence-corrected chi connectivity index (χ0v) is 23.2. The first-order valence-corrected chi connectivity index (χ1v) is 13.8. The highest BCUT2D eigenvalue weighted by molar-refractivity contribution is 7.89. The Morgan fingerprint density at radius 2 is 1.74 bits per heavy atom. The van der Waals surface area contributed by atoms with E-state index in [4.69, 9.17) is 9.47 Å². The lowest BCUT2D eigenvalue weighted by molar-refractivity contribution is -0.140. The Morgan fingerprint density at radius 1 is 1.05 bits per heavy atom. The largest absolute Gasteiger partial charge is 0.496 e. The number of carbonyl (C=O) groups is 3. The zero-order valence-electron chi connectivity index (χ0n) is 22.4. The normalized spacial score (nSPS) is 16.3. The molecule has 1 aliphatic heterocycles. The SMILES string of the molecule is COC(=O)Cc1cc(S(=O)(=O)N2CCN(C(C)=O)C[C@@H]2C(=O)NCc2ccc(C(C)C)cc2)ccc1OC. The van der Waals surface area contributed by atoms with Gasteiger partial charge in [0, 0.05) is 38.7 Å². The third-order valence-corrected chi connectivity index (χ3v) is 8.52. The molecular weight excluding hydrogens is 510 g/mol. The molecule has 11 heteroatoms. The standard InChI is InChI=1S/C27H35N3O7S/c1-18(2)21-8-6-20(7-9-21)16-28-27(33)24-17-29(19(3)31)12-13-30(24)38(34,35)23-10-11-25(36-4)22(14-23)15-26(32)37-5/h6-11,14,18,24H,12-13,15-17H2,1-5H3,(H,28,33)/t24-/m1/s1. The quantitative estimate of drug-likeness (QED) is 0.479. The predicted molar refractivity (Wildman–Crippen MR) is 141 cm³/mol. The Labute approximate surface area is 223 Å². The Hall–Kier alpha value is -3.44. The Bertz CT molecular complexity index is 1280. The number of sulfonamides is 1. The van der Waals surface area contributed by atoms with Gasteiger partial charge in [0.25, 0.3) is 0 Å². The molecule has 1 saturated heterocycles. The maximum Gasteiger partial charge on any atom is 0.310 e. The van der Waals surface area contributed by atoms with Crippen LogP contribution in [0.25, 0.3) is 0 Å². The van der Waals surface area contributed by atoms with Crippen molar-refractivity contribution in [1.29, 1.82) is 0 Å². The minimum absolute atomic E-state index is 0.0541. The van der Waals surface area contributed by atoms with Gasteiger partial charge in [-0.2, -0.15) is 4.31 Å². The van der Waals surface area contributed by atoms with Gasteiger partial charge < -0.3 is 19.7 Å². The highest BCUT2D eigenvalue weighted by atomic mass is 32.2. The van der Waals surface area contributed by atoms with Crippen molar-refractivity contribution < 1.29 is 32.3 Å². The number of hydrogen-bond donors (Lipinski definition) is 1. The van der Waals surface area contributed by atoms with E-state index in [1.54, 1.807) is 0 Å². The number of rotatable bonds is 9. The van der Waals surface area contributed by atoms with Crippen LogP contribution in [-0.4, -0.2) is 75.3 Å². The molecule has 1 N–H and O–H groups in total. The maximum atomic E-state index is 13.7. The molecule has 3 rings (SSSR count). The molecule has 0 spiro atoms. The first-order chi connectivity index (χ1) is 18.0. The van der Waals surface area contributed by atoms with E-state index in [0.29, 0.717) is 17.2 Å². The molecule has 0 aliphatic carbocycles. The van der Waals surface area contributed by atoms with Crippen LogP contribution >= 0.6 is 0 Å². The third kappa shape index (κ3) is 6.70. The summed E-state index contributed by atoms with van der Waals surface area (Å²) >= 11 is 0. The molecule has 0 unspecified atom stereocenters. The molecule has 0 bridgehead atoms. The molecule has 0 radical (unpaired) electrons. The van der Waals surface area contributed by atoms with Crippen molar-refractivity contribution in [3.05, 3.63) is 59.2 Å². The fourth-order valence-corrected chi connectivity index (χ4v) is 5.92. The third-order valence-electron chi connectivity index (χ3n) is 6.61. The van der Waals surface area contributed by atoms with Gasteiger partial charge in [0.15, 0.2) is 0 Å². The number of amides is 2. The lowest BCUT2D eigenvalue weighted by atomic mass is 10.0. The van der Waals surface area contributed by atoms with Crippen molar-refractivity contribution in [1.82, 2.24) is 14.5 Å². The molecule has 2 amide bonds. The second kappa shape index (κ2) is 12.4. The van der Waals surface area contributed by atoms with Crippen LogP contribution in [0.2, 0.25) is 0 Å². The van der Waals surface area contributed by atoms with E-state index in [9.17, 15) is 22.8 Å². The van der Waals surface area contributed by atoms with E-state index in [1.807, 2.05) is 24.3 Å². The maximum absolute atomic E-state index is 13.7. The first kappa shape index (κ1) is 29.1. The van der Waals surface area contributed by atoms with Gasteiger partial charge in [0.1, 0.15) is 11.8 Å². The van der Waals surface area contributed by atoms with Crippen molar-refractivity contribution in [3.63, 3.8) is 0 Å². The predicted octanol–water partition coefficient (Wildman–Crippen LogP) is 2.07. The van der Waals surface area contributed by atoms with Gasteiger partial charge in [-0.1, -0.05) is 38.1 Å². The van der Waals surface area contributed by atoms with Gasteiger partial charge in [0.2, 0.25) is 21.8 Å². The second-order valence-corrected chi connectivity index (χ2v) is 11.3. The number of carbonyl (C=O) groups excluding carboxylic acids is 3. The highest BCUT2D eigenvalue weighted by Crippen LogP contribution is 2.28. The van der Waals surface area contributed by atoms with Gasteiger partial charge in [-0.3, -0.25) is 14.4 Å². The fourth-order valence-electron chi connectivity index (χ4n) is 4.30. The van der Waals surface area contributed by atoms with E-state index >= 15 is 0 Å². The number of nitrogens with one attached hydrogen (secondary N) is 1. The summed E-state index contributed by atoms with van der Waals surface area (Å²) in [6.07, 6.45) is -0.180. The second-order valence-electron chi connectivity index (χ2n) is 9.44. The van der Waals surface area contributed by atoms with Crippen molar-refractivity contribution in [2.45, 2.75) is 50.6 Å². The molecule has 1 atom stereocenters. The van der Waals surface area contributed by atoms with E-state index in [1.165, 1.54) is 49.8 Å². The summed E-state index contributed by atoms with van der Waals surface area (Å²) in [6.45, 7) is 5.82. The summed E-state index contributed by atoms with van der Waals surface area (Å²) in [5, 5.41) is 2.83. The van der Waals surface area contributed by atoms with Gasteiger partial charge in [0.05, 0.1) is 25.5 Å².